The molecule has 0 saturated carbocycles. The van der Waals surface area contributed by atoms with E-state index in [4.69, 9.17) is 4.74 Å². The van der Waals surface area contributed by atoms with Crippen LogP contribution in [0.4, 0.5) is 0 Å². The number of para-hydroxylation sites is 1. The van der Waals surface area contributed by atoms with Gasteiger partial charge in [0.25, 0.3) is 10.0 Å². The molecule has 0 radical (unpaired) electrons. The van der Waals surface area contributed by atoms with Gasteiger partial charge in [-0.15, -0.1) is 0 Å². The van der Waals surface area contributed by atoms with Gasteiger partial charge in [0, 0.05) is 11.5 Å². The largest absolute Gasteiger partial charge is 0.408 e. The number of rotatable bonds is 7. The van der Waals surface area contributed by atoms with Crippen molar-refractivity contribution in [1.29, 1.82) is 0 Å². The molecule has 2 aromatic carbocycles. The molecule has 5 nitrogen and oxygen atoms in total. The predicted molar refractivity (Wildman–Crippen MR) is 134 cm³/mol. The molecule has 0 aliphatic carbocycles. The minimum atomic E-state index is -4.08. The van der Waals surface area contributed by atoms with Gasteiger partial charge in [0.15, 0.2) is 0 Å². The molecular weight excluding hydrogens is 434 g/mol. The average molecular weight is 470 g/mol. The third-order valence-electron chi connectivity index (χ3n) is 5.89. The van der Waals surface area contributed by atoms with E-state index in [1.165, 1.54) is 3.97 Å². The van der Waals surface area contributed by atoms with E-state index in [1.807, 2.05) is 52.0 Å². The van der Waals surface area contributed by atoms with E-state index in [0.29, 0.717) is 15.8 Å². The van der Waals surface area contributed by atoms with E-state index in [2.05, 4.69) is 13.8 Å². The van der Waals surface area contributed by atoms with Crippen LogP contribution in [0.1, 0.15) is 89.8 Å². The van der Waals surface area contributed by atoms with Gasteiger partial charge in [-0.3, -0.25) is 4.79 Å². The Hall–Kier alpha value is -2.60. The Morgan fingerprint density at radius 1 is 0.818 bits per heavy atom. The zero-order valence-corrected chi connectivity index (χ0v) is 21.7. The number of ether oxygens (including phenoxy) is 1. The Labute approximate surface area is 197 Å². The molecular formula is C27H35NO4S. The first-order valence-electron chi connectivity index (χ1n) is 11.6. The quantitative estimate of drug-likeness (QED) is 0.357. The molecule has 0 bridgehead atoms. The van der Waals surface area contributed by atoms with Crippen LogP contribution in [0.2, 0.25) is 0 Å². The standard InChI is InChI=1S/C27H35NO4S/c1-16(2)21-13-22(17(3)4)26(23(14-21)18(5)6)33(30,31)28-24-12-10-9-11-20(24)15-25(28)32-27(29)19(7)8/h9-19H,1-8H3. The van der Waals surface area contributed by atoms with Crippen LogP contribution in [0.15, 0.2) is 47.4 Å². The van der Waals surface area contributed by atoms with Crippen molar-refractivity contribution < 1.29 is 17.9 Å². The fourth-order valence-electron chi connectivity index (χ4n) is 3.92. The zero-order chi connectivity index (χ0) is 24.7. The maximum Gasteiger partial charge on any atom is 0.315 e. The topological polar surface area (TPSA) is 65.4 Å². The first kappa shape index (κ1) is 25.0. The maximum atomic E-state index is 14.4. The lowest BCUT2D eigenvalue weighted by Crippen LogP contribution is -2.22. The molecule has 0 spiro atoms. The monoisotopic (exact) mass is 469 g/mol. The van der Waals surface area contributed by atoms with Crippen molar-refractivity contribution in [2.75, 3.05) is 0 Å². The molecule has 33 heavy (non-hydrogen) atoms. The molecule has 0 unspecified atom stereocenters. The average Bonchev–Trinajstić information content (AvgIpc) is 3.10. The van der Waals surface area contributed by atoms with Crippen molar-refractivity contribution in [3.05, 3.63) is 59.2 Å². The third-order valence-corrected chi connectivity index (χ3v) is 7.73. The Kier molecular flexibility index (Phi) is 7.08. The van der Waals surface area contributed by atoms with Crippen LogP contribution in [0.25, 0.3) is 10.9 Å². The lowest BCUT2D eigenvalue weighted by Gasteiger charge is -2.24. The lowest BCUT2D eigenvalue weighted by molar-refractivity contribution is -0.138. The Morgan fingerprint density at radius 2 is 1.36 bits per heavy atom. The van der Waals surface area contributed by atoms with E-state index in [1.54, 1.807) is 32.0 Å². The van der Waals surface area contributed by atoms with E-state index < -0.39 is 16.0 Å². The first-order valence-corrected chi connectivity index (χ1v) is 13.1. The van der Waals surface area contributed by atoms with Crippen molar-refractivity contribution in [2.24, 2.45) is 5.92 Å². The lowest BCUT2D eigenvalue weighted by atomic mass is 9.89. The molecule has 0 aliphatic heterocycles. The fourth-order valence-corrected chi connectivity index (χ4v) is 6.04. The summed E-state index contributed by atoms with van der Waals surface area (Å²) in [4.78, 5) is 12.7. The van der Waals surface area contributed by atoms with Crippen molar-refractivity contribution in [2.45, 2.75) is 78.0 Å². The highest BCUT2D eigenvalue weighted by atomic mass is 32.2. The minimum Gasteiger partial charge on any atom is -0.408 e. The molecule has 0 aliphatic rings. The highest BCUT2D eigenvalue weighted by Crippen LogP contribution is 2.39. The Bertz CT molecular complexity index is 1250. The number of carbonyl (C=O) groups excluding carboxylic acids is 1. The summed E-state index contributed by atoms with van der Waals surface area (Å²) >= 11 is 0. The summed E-state index contributed by atoms with van der Waals surface area (Å²) in [6.07, 6.45) is 0. The normalized spacial score (nSPS) is 12.5. The fraction of sp³-hybridized carbons (Fsp3) is 0.444. The number of esters is 1. The number of carbonyl (C=O) groups is 1. The number of aromatic nitrogens is 1. The van der Waals surface area contributed by atoms with Crippen LogP contribution in [-0.2, 0) is 14.8 Å². The third kappa shape index (κ3) is 4.72. The summed E-state index contributed by atoms with van der Waals surface area (Å²) in [5.74, 6) is -0.581. The van der Waals surface area contributed by atoms with Crippen LogP contribution < -0.4 is 4.74 Å². The van der Waals surface area contributed by atoms with Crippen molar-refractivity contribution in [1.82, 2.24) is 3.97 Å². The molecule has 3 rings (SSSR count). The number of benzene rings is 2. The van der Waals surface area contributed by atoms with Gasteiger partial charge in [-0.25, -0.2) is 12.4 Å². The number of hydrogen-bond acceptors (Lipinski definition) is 4. The molecule has 0 N–H and O–H groups in total. The van der Waals surface area contributed by atoms with E-state index >= 15 is 0 Å². The van der Waals surface area contributed by atoms with Crippen molar-refractivity contribution >= 4 is 26.9 Å². The second-order valence-electron chi connectivity index (χ2n) is 9.88. The molecule has 3 aromatic rings. The Morgan fingerprint density at radius 3 is 1.85 bits per heavy atom. The highest BCUT2D eigenvalue weighted by molar-refractivity contribution is 7.90. The molecule has 0 fully saturated rings. The molecule has 1 aromatic heterocycles. The maximum absolute atomic E-state index is 14.4. The van der Waals surface area contributed by atoms with Crippen LogP contribution in [-0.4, -0.2) is 18.4 Å². The zero-order valence-electron chi connectivity index (χ0n) is 20.8. The summed E-state index contributed by atoms with van der Waals surface area (Å²) in [6, 6.07) is 12.8. The molecule has 0 atom stereocenters. The number of fused-ring (bicyclic) bond motifs is 1. The van der Waals surface area contributed by atoms with Gasteiger partial charge in [-0.2, -0.15) is 0 Å². The van der Waals surface area contributed by atoms with Gasteiger partial charge in [0.2, 0.25) is 5.88 Å². The van der Waals surface area contributed by atoms with Crippen molar-refractivity contribution in [3.63, 3.8) is 0 Å². The molecule has 178 valence electrons. The smallest absolute Gasteiger partial charge is 0.315 e. The second-order valence-corrected chi connectivity index (χ2v) is 11.6. The molecule has 1 heterocycles. The van der Waals surface area contributed by atoms with Crippen LogP contribution >= 0.6 is 0 Å². The van der Waals surface area contributed by atoms with Gasteiger partial charge >= 0.3 is 5.97 Å². The van der Waals surface area contributed by atoms with Crippen LogP contribution in [0, 0.1) is 5.92 Å². The number of hydrogen-bond donors (Lipinski definition) is 0. The minimum absolute atomic E-state index is 0.00512. The van der Waals surface area contributed by atoms with Crippen molar-refractivity contribution in [3.8, 4) is 5.88 Å². The van der Waals surface area contributed by atoms with Gasteiger partial charge in [-0.1, -0.05) is 85.7 Å². The summed E-state index contributed by atoms with van der Waals surface area (Å²) in [5, 5.41) is 0.698. The van der Waals surface area contributed by atoms with Gasteiger partial charge in [-0.05, 0) is 40.5 Å². The van der Waals surface area contributed by atoms with E-state index in [9.17, 15) is 13.2 Å². The van der Waals surface area contributed by atoms with Crippen LogP contribution in [0.5, 0.6) is 5.88 Å². The molecule has 0 saturated heterocycles. The van der Waals surface area contributed by atoms with Gasteiger partial charge < -0.3 is 4.74 Å². The first-order chi connectivity index (χ1) is 15.4. The summed E-state index contributed by atoms with van der Waals surface area (Å²) in [5.41, 5.74) is 3.17. The Balaban J connectivity index is 2.41. The summed E-state index contributed by atoms with van der Waals surface area (Å²) in [7, 11) is -4.08. The number of nitrogens with zero attached hydrogens (tertiary/aromatic N) is 1. The van der Waals surface area contributed by atoms with E-state index in [0.717, 1.165) is 16.7 Å². The highest BCUT2D eigenvalue weighted by Gasteiger charge is 2.32. The predicted octanol–water partition coefficient (Wildman–Crippen LogP) is 6.81. The van der Waals surface area contributed by atoms with Crippen LogP contribution in [0.3, 0.4) is 0 Å². The van der Waals surface area contributed by atoms with Gasteiger partial charge in [0.05, 0.1) is 16.3 Å². The molecule has 6 heteroatoms. The summed E-state index contributed by atoms with van der Waals surface area (Å²) in [6.45, 7) is 15.7. The second kappa shape index (κ2) is 9.34. The SMILES string of the molecule is CC(C)C(=O)Oc1cc2ccccc2n1S(=O)(=O)c1c(C(C)C)cc(C(C)C)cc1C(C)C. The molecule has 0 amide bonds. The summed E-state index contributed by atoms with van der Waals surface area (Å²) < 4.78 is 35.6. The van der Waals surface area contributed by atoms with Gasteiger partial charge in [0.1, 0.15) is 0 Å². The van der Waals surface area contributed by atoms with E-state index in [-0.39, 0.29) is 29.6 Å².